The number of H-pyrrole nitrogens is 4. The van der Waals surface area contributed by atoms with Crippen molar-refractivity contribution < 1.29 is 68.8 Å². The molecule has 0 spiro atoms. The summed E-state index contributed by atoms with van der Waals surface area (Å²) in [6, 6.07) is 64.0. The molecule has 15 heterocycles. The zero-order valence-corrected chi connectivity index (χ0v) is 85.4. The smallest absolute Gasteiger partial charge is 0.410 e. The molecule has 0 aliphatic carbocycles. The molecule has 25 rings (SSSR count). The van der Waals surface area contributed by atoms with Gasteiger partial charge in [0.25, 0.3) is 0 Å². The van der Waals surface area contributed by atoms with E-state index in [1.807, 2.05) is 130 Å². The highest BCUT2D eigenvalue weighted by Crippen LogP contribution is 2.48. The number of nitrogens with zero attached hydrogens (tertiary/aromatic N) is 11. The second-order valence-corrected chi connectivity index (χ2v) is 43.7. The standard InChI is InChI=1S/2C34H35FN4O3.C28H31FN4O2.C23H24FN3O3S/c35-27-8-10-28(11-9-27)39-32-18-26-20-36-37-31(26)19-29(32)30(33(39)25-12-15-41-16-13-25)17-24-7-4-14-38(21-24)34(40)42-22-23-5-2-1-3-6-23;35-27-6-8-28(9-7-27)39-32-19-26-21-36-37-31(26)20-29(32)30(33(39)25-12-16-41-17-13-25)18-23-10-14-38(15-11-23)34(40)42-22-24-4-2-1-3-5-24;1-18(34)32-10-6-19(7-11-32)14-25-24-16-26-21(17-30-31-26)15-27(24)33(23-4-2-22(29)3-5-23)28(25)20-8-12-35-13-9-20;1-31(28,29)11-8-19-20-13-21-16(14-25-26-21)12-22(20)27(18-4-2-17(24)3-5-18)23(19)15-6-9-30-10-7-15/h1-3,5-6,8-11,18-20,24-25H,4,7,12-17,21-22H2,(H,36,37);1-9,19-21,23,25H,10-18,22H2,(H,36,37);2-5,15-17,19-20H,6-14H2,1H3,(H,30,31);2-5,12-15H,6-11H2,1H3,(H,25,26). The summed E-state index contributed by atoms with van der Waals surface area (Å²) in [6.07, 6.45) is 24.6. The van der Waals surface area contributed by atoms with Crippen LogP contribution in [0.25, 0.3) is 110 Å². The molecule has 7 aliphatic heterocycles. The summed E-state index contributed by atoms with van der Waals surface area (Å²) in [6.45, 7) is 12.4. The Morgan fingerprint density at radius 3 is 0.960 bits per heavy atom. The summed E-state index contributed by atoms with van der Waals surface area (Å²) in [7, 11) is -3.13. The van der Waals surface area contributed by atoms with Crippen molar-refractivity contribution in [1.29, 1.82) is 0 Å². The van der Waals surface area contributed by atoms with Crippen LogP contribution in [0.1, 0.15) is 177 Å². The Bertz CT molecular complexity index is 7940. The van der Waals surface area contributed by atoms with Gasteiger partial charge >= 0.3 is 12.2 Å². The molecule has 7 aliphatic rings. The number of carbonyl (C=O) groups is 3. The van der Waals surface area contributed by atoms with Crippen LogP contribution in [0.3, 0.4) is 0 Å². The van der Waals surface area contributed by atoms with E-state index in [4.69, 9.17) is 28.4 Å². The summed E-state index contributed by atoms with van der Waals surface area (Å²) in [5.41, 5.74) is 24.1. The van der Waals surface area contributed by atoms with Crippen molar-refractivity contribution in [3.05, 3.63) is 310 Å². The summed E-state index contributed by atoms with van der Waals surface area (Å²) in [4.78, 5) is 43.4. The van der Waals surface area contributed by atoms with Gasteiger partial charge in [-0.05, 0) is 312 Å². The predicted molar refractivity (Wildman–Crippen MR) is 574 cm³/mol. The van der Waals surface area contributed by atoms with Crippen LogP contribution in [0.2, 0.25) is 0 Å². The fourth-order valence-electron chi connectivity index (χ4n) is 24.2. The number of sulfone groups is 1. The highest BCUT2D eigenvalue weighted by atomic mass is 32.2. The minimum atomic E-state index is -3.13. The van der Waals surface area contributed by atoms with Gasteiger partial charge < -0.3 is 61.4 Å². The van der Waals surface area contributed by atoms with Gasteiger partial charge in [0.1, 0.15) is 46.3 Å². The zero-order valence-electron chi connectivity index (χ0n) is 84.6. The van der Waals surface area contributed by atoms with E-state index in [0.717, 1.165) is 278 Å². The number of aryl methyl sites for hydroxylation is 1. The van der Waals surface area contributed by atoms with E-state index < -0.39 is 9.84 Å². The van der Waals surface area contributed by atoms with Crippen LogP contribution in [0.5, 0.6) is 0 Å². The van der Waals surface area contributed by atoms with E-state index in [1.54, 1.807) is 37.4 Å². The lowest BCUT2D eigenvalue weighted by Gasteiger charge is -2.33. The Balaban J connectivity index is 0.000000114. The zero-order chi connectivity index (χ0) is 102. The predicted octanol–water partition coefficient (Wildman–Crippen LogP) is 23.7. The molecule has 26 nitrogen and oxygen atoms in total. The molecule has 1 unspecified atom stereocenters. The van der Waals surface area contributed by atoms with Crippen LogP contribution >= 0.6 is 0 Å². The normalized spacial score (nSPS) is 17.3. The number of hydrogen-bond acceptors (Lipinski definition) is 15. The number of aromatic amines is 4. The molecule has 8 aromatic heterocycles. The number of likely N-dealkylation sites (tertiary alicyclic amines) is 3. The number of aromatic nitrogens is 12. The first-order valence-corrected chi connectivity index (χ1v) is 55.0. The molecular formula is C119H125F4N15O11S. The van der Waals surface area contributed by atoms with Crippen LogP contribution in [0, 0.1) is 41.0 Å². The number of nitrogens with one attached hydrogen (secondary N) is 4. The molecule has 7 saturated heterocycles. The molecule has 3 amide bonds. The highest BCUT2D eigenvalue weighted by Gasteiger charge is 2.38. The fourth-order valence-corrected chi connectivity index (χ4v) is 24.7. The first-order chi connectivity index (χ1) is 73.3. The van der Waals surface area contributed by atoms with Crippen molar-refractivity contribution in [2.24, 2.45) is 17.8 Å². The van der Waals surface area contributed by atoms with E-state index in [9.17, 15) is 40.4 Å². The van der Waals surface area contributed by atoms with Crippen molar-refractivity contribution in [3.63, 3.8) is 0 Å². The van der Waals surface area contributed by atoms with Crippen molar-refractivity contribution in [2.45, 2.75) is 159 Å². The van der Waals surface area contributed by atoms with Gasteiger partial charge in [0.05, 0.1) is 74.7 Å². The number of ether oxygens (including phenoxy) is 6. The van der Waals surface area contributed by atoms with E-state index in [2.05, 4.69) is 108 Å². The summed E-state index contributed by atoms with van der Waals surface area (Å²) in [5.74, 6) is 1.77. The summed E-state index contributed by atoms with van der Waals surface area (Å²) in [5, 5.41) is 38.2. The molecule has 4 N–H and O–H groups in total. The number of benzene rings is 10. The number of halogens is 4. The number of amides is 3. The monoisotopic (exact) mass is 2050 g/mol. The molecule has 0 saturated carbocycles. The van der Waals surface area contributed by atoms with Crippen molar-refractivity contribution in [3.8, 4) is 22.7 Å². The van der Waals surface area contributed by atoms with Crippen LogP contribution in [-0.2, 0) is 82.0 Å². The second-order valence-electron chi connectivity index (χ2n) is 41.5. The number of rotatable bonds is 21. The van der Waals surface area contributed by atoms with Crippen molar-refractivity contribution in [1.82, 2.24) is 73.8 Å². The van der Waals surface area contributed by atoms with E-state index in [-0.39, 0.29) is 59.6 Å². The van der Waals surface area contributed by atoms with E-state index >= 15 is 0 Å². The topological polar surface area (TPSA) is 285 Å². The molecule has 0 bridgehead atoms. The van der Waals surface area contributed by atoms with Gasteiger partial charge in [0, 0.05) is 218 Å². The molecule has 776 valence electrons. The lowest BCUT2D eigenvalue weighted by atomic mass is 9.85. The third kappa shape index (κ3) is 21.9. The van der Waals surface area contributed by atoms with Crippen LogP contribution in [-0.4, -0.2) is 204 Å². The Morgan fingerprint density at radius 1 is 0.353 bits per heavy atom. The Labute approximate surface area is 867 Å². The minimum Gasteiger partial charge on any atom is -0.445 e. The van der Waals surface area contributed by atoms with Gasteiger partial charge in [-0.2, -0.15) is 20.4 Å². The summed E-state index contributed by atoms with van der Waals surface area (Å²) < 4.78 is 123. The van der Waals surface area contributed by atoms with Gasteiger partial charge in [-0.25, -0.2) is 35.6 Å². The lowest BCUT2D eigenvalue weighted by molar-refractivity contribution is -0.130. The first kappa shape index (κ1) is 100. The largest absolute Gasteiger partial charge is 0.445 e. The van der Waals surface area contributed by atoms with Gasteiger partial charge in [-0.1, -0.05) is 60.7 Å². The molecule has 7 fully saturated rings. The maximum atomic E-state index is 14.0. The van der Waals surface area contributed by atoms with E-state index in [0.29, 0.717) is 87.9 Å². The van der Waals surface area contributed by atoms with Crippen LogP contribution < -0.4 is 0 Å². The molecule has 31 heteroatoms. The second kappa shape index (κ2) is 44.9. The molecule has 0 radical (unpaired) electrons. The van der Waals surface area contributed by atoms with Gasteiger partial charge in [0.15, 0.2) is 0 Å². The molecule has 18 aromatic rings. The highest BCUT2D eigenvalue weighted by molar-refractivity contribution is 7.90. The van der Waals surface area contributed by atoms with Crippen LogP contribution in [0.4, 0.5) is 27.2 Å². The fraction of sp³-hybridized carbons (Fsp3) is 0.370. The average Bonchev–Trinajstić information content (AvgIpc) is 1.59. The van der Waals surface area contributed by atoms with Crippen molar-refractivity contribution >= 4 is 115 Å². The molecular weight excluding hydrogens is 1920 g/mol. The molecule has 1 atom stereocenters. The first-order valence-electron chi connectivity index (χ1n) is 53.0. The Morgan fingerprint density at radius 2 is 0.647 bits per heavy atom. The third-order valence-electron chi connectivity index (χ3n) is 31.8. The van der Waals surface area contributed by atoms with E-state index in [1.165, 1.54) is 92.6 Å². The Hall–Kier alpha value is -14.2. The number of fused-ring (bicyclic) bond motifs is 8. The lowest BCUT2D eigenvalue weighted by Crippen LogP contribution is -2.40. The molecule has 10 aromatic carbocycles. The third-order valence-corrected chi connectivity index (χ3v) is 32.7. The maximum absolute atomic E-state index is 14.0. The SMILES string of the molecule is CC(=O)N1CCC(Cc2c(C3CCOCC3)n(-c3ccc(F)cc3)c3cc4cn[nH]c4cc23)CC1.CS(=O)(=O)CCc1c(C2CCOCC2)n(-c2ccc(F)cc2)c2cc3cn[nH]c3cc12.O=C(OCc1ccccc1)N1CCC(Cc2c(C3CCOCC3)n(-c3ccc(F)cc3)c3cc4cn[nH]c4cc23)CC1.O=C(OCc1ccccc1)N1CCCC(Cc2c(C3CCOCC3)n(-c3ccc(F)cc3)c3cc4cn[nH]c4cc23)C1. The summed E-state index contributed by atoms with van der Waals surface area (Å²) >= 11 is 0. The minimum absolute atomic E-state index is 0.0762. The Kier molecular flexibility index (Phi) is 30.0. The maximum Gasteiger partial charge on any atom is 0.410 e. The molecule has 150 heavy (non-hydrogen) atoms. The van der Waals surface area contributed by atoms with Gasteiger partial charge in [-0.15, -0.1) is 0 Å². The number of piperidine rings is 3. The van der Waals surface area contributed by atoms with Gasteiger partial charge in [-0.3, -0.25) is 25.2 Å². The van der Waals surface area contributed by atoms with Crippen molar-refractivity contribution in [2.75, 3.05) is 104 Å². The average molecular weight is 2050 g/mol. The quantitative estimate of drug-likeness (QED) is 0.0487. The number of carbonyl (C=O) groups excluding carboxylic acids is 3. The van der Waals surface area contributed by atoms with Crippen LogP contribution in [0.15, 0.2) is 231 Å². The van der Waals surface area contributed by atoms with Gasteiger partial charge in [0.2, 0.25) is 5.91 Å². The number of hydrogen-bond donors (Lipinski definition) is 4.